The van der Waals surface area contributed by atoms with Crippen molar-refractivity contribution in [3.05, 3.63) is 62.9 Å². The number of nitrogens with two attached hydrogens (primary N) is 1. The molecule has 9 heteroatoms. The van der Waals surface area contributed by atoms with Crippen LogP contribution < -0.4 is 25.5 Å². The maximum absolute atomic E-state index is 13.8. The number of hydrogen-bond acceptors (Lipinski definition) is 8. The van der Waals surface area contributed by atoms with Gasteiger partial charge in [-0.05, 0) is 25.1 Å². The highest BCUT2D eigenvalue weighted by atomic mass is 16.5. The minimum atomic E-state index is -0.744. The van der Waals surface area contributed by atoms with Gasteiger partial charge in [0, 0.05) is 43.5 Å². The van der Waals surface area contributed by atoms with Crippen LogP contribution in [0.3, 0.4) is 0 Å². The van der Waals surface area contributed by atoms with E-state index in [2.05, 4.69) is 11.0 Å². The summed E-state index contributed by atoms with van der Waals surface area (Å²) in [6, 6.07) is 9.22. The van der Waals surface area contributed by atoms with Gasteiger partial charge in [0.1, 0.15) is 28.9 Å². The number of pyridine rings is 1. The van der Waals surface area contributed by atoms with Crippen molar-refractivity contribution in [1.29, 1.82) is 5.26 Å². The third-order valence-corrected chi connectivity index (χ3v) is 6.18. The van der Waals surface area contributed by atoms with Crippen LogP contribution in [0.2, 0.25) is 0 Å². The third-order valence-electron chi connectivity index (χ3n) is 6.18. The van der Waals surface area contributed by atoms with Gasteiger partial charge in [0.05, 0.1) is 38.9 Å². The fourth-order valence-electron chi connectivity index (χ4n) is 4.41. The van der Waals surface area contributed by atoms with Gasteiger partial charge in [-0.25, -0.2) is 0 Å². The molecule has 0 amide bonds. The number of aryl methyl sites for hydroxylation is 1. The lowest BCUT2D eigenvalue weighted by molar-refractivity contribution is 0.0362. The summed E-state index contributed by atoms with van der Waals surface area (Å²) in [5.74, 6) is 0.686. The van der Waals surface area contributed by atoms with Crippen molar-refractivity contribution in [3.8, 4) is 23.3 Å². The van der Waals surface area contributed by atoms with Crippen LogP contribution in [-0.4, -0.2) is 56.5 Å². The van der Waals surface area contributed by atoms with Crippen LogP contribution in [0, 0.1) is 18.3 Å². The molecule has 33 heavy (non-hydrogen) atoms. The molecule has 1 atom stereocenters. The number of allylic oxidation sites excluding steroid dienone is 1. The highest BCUT2D eigenvalue weighted by Gasteiger charge is 2.36. The Morgan fingerprint density at radius 1 is 1.18 bits per heavy atom. The number of nitrogens with zero attached hydrogens (tertiary/aromatic N) is 3. The number of ether oxygens (including phenoxy) is 4. The maximum atomic E-state index is 13.8. The first-order chi connectivity index (χ1) is 16.0. The number of benzene rings is 1. The van der Waals surface area contributed by atoms with E-state index in [0.717, 1.165) is 25.3 Å². The summed E-state index contributed by atoms with van der Waals surface area (Å²) in [4.78, 5) is 16.1. The first-order valence-electron chi connectivity index (χ1n) is 10.8. The van der Waals surface area contributed by atoms with Crippen LogP contribution in [0.4, 0.5) is 0 Å². The van der Waals surface area contributed by atoms with Crippen molar-refractivity contribution in [3.63, 3.8) is 0 Å². The van der Waals surface area contributed by atoms with Gasteiger partial charge in [-0.15, -0.1) is 0 Å². The molecule has 2 aliphatic rings. The molecule has 2 aromatic rings. The largest absolute Gasteiger partial charge is 0.497 e. The molecule has 1 saturated heterocycles. The topological polar surface area (TPSA) is 112 Å². The zero-order valence-corrected chi connectivity index (χ0v) is 19.1. The van der Waals surface area contributed by atoms with Crippen molar-refractivity contribution in [1.82, 2.24) is 9.47 Å². The lowest BCUT2D eigenvalue weighted by Crippen LogP contribution is -2.40. The van der Waals surface area contributed by atoms with Crippen molar-refractivity contribution < 1.29 is 18.9 Å². The van der Waals surface area contributed by atoms with E-state index in [9.17, 15) is 10.1 Å². The van der Waals surface area contributed by atoms with E-state index in [4.69, 9.17) is 24.7 Å². The molecule has 2 N–H and O–H groups in total. The minimum Gasteiger partial charge on any atom is -0.497 e. The summed E-state index contributed by atoms with van der Waals surface area (Å²) in [6.07, 6.45) is 0. The highest BCUT2D eigenvalue weighted by Crippen LogP contribution is 2.44. The van der Waals surface area contributed by atoms with Crippen molar-refractivity contribution >= 4 is 0 Å². The van der Waals surface area contributed by atoms with Crippen LogP contribution in [0.25, 0.3) is 0 Å². The molecular weight excluding hydrogens is 424 g/mol. The number of methoxy groups -OCH3 is 2. The molecule has 3 heterocycles. The molecule has 9 nitrogen and oxygen atoms in total. The van der Waals surface area contributed by atoms with Crippen molar-refractivity contribution in [2.75, 3.05) is 47.1 Å². The van der Waals surface area contributed by atoms with E-state index in [-0.39, 0.29) is 17.0 Å². The van der Waals surface area contributed by atoms with Gasteiger partial charge >= 0.3 is 0 Å². The van der Waals surface area contributed by atoms with Crippen LogP contribution in [0.5, 0.6) is 17.2 Å². The van der Waals surface area contributed by atoms with E-state index in [1.165, 1.54) is 0 Å². The Hall–Kier alpha value is -3.48. The molecule has 1 aromatic carbocycles. The van der Waals surface area contributed by atoms with Crippen LogP contribution in [0.15, 0.2) is 40.5 Å². The van der Waals surface area contributed by atoms with Gasteiger partial charge in [0.2, 0.25) is 5.88 Å². The first-order valence-corrected chi connectivity index (χ1v) is 10.8. The van der Waals surface area contributed by atoms with E-state index in [1.807, 2.05) is 6.92 Å². The lowest BCUT2D eigenvalue weighted by Gasteiger charge is -2.29. The second-order valence-corrected chi connectivity index (χ2v) is 8.01. The second-order valence-electron chi connectivity index (χ2n) is 8.01. The monoisotopic (exact) mass is 452 g/mol. The molecule has 174 valence electrons. The number of morpholine rings is 1. The fraction of sp³-hybridized carbons (Fsp3) is 0.417. The van der Waals surface area contributed by atoms with Gasteiger partial charge in [0.15, 0.2) is 0 Å². The van der Waals surface area contributed by atoms with Crippen LogP contribution in [0.1, 0.15) is 22.7 Å². The second kappa shape index (κ2) is 9.57. The van der Waals surface area contributed by atoms with E-state index in [0.29, 0.717) is 48.1 Å². The summed E-state index contributed by atoms with van der Waals surface area (Å²) in [5.41, 5.74) is 7.81. The Morgan fingerprint density at radius 2 is 1.94 bits per heavy atom. The number of hydrogen-bond donors (Lipinski definition) is 1. The molecule has 0 saturated carbocycles. The zero-order chi connectivity index (χ0) is 23.5. The van der Waals surface area contributed by atoms with E-state index in [1.54, 1.807) is 43.1 Å². The molecule has 4 rings (SSSR count). The van der Waals surface area contributed by atoms with Crippen LogP contribution >= 0.6 is 0 Å². The Morgan fingerprint density at radius 3 is 2.61 bits per heavy atom. The zero-order valence-electron chi connectivity index (χ0n) is 19.1. The summed E-state index contributed by atoms with van der Waals surface area (Å²) in [5, 5.41) is 9.93. The number of fused-ring (bicyclic) bond motifs is 1. The smallest absolute Gasteiger partial charge is 0.258 e. The maximum Gasteiger partial charge on any atom is 0.258 e. The molecule has 0 bridgehead atoms. The van der Waals surface area contributed by atoms with Gasteiger partial charge in [-0.3, -0.25) is 9.69 Å². The van der Waals surface area contributed by atoms with Gasteiger partial charge in [0.25, 0.3) is 5.56 Å². The standard InChI is InChI=1S/C24H28N4O5/c1-15-12-20-22(24(29)28(15)7-6-27-8-10-32-11-9-27)21(18(14-25)23(26)33-20)17-13-16(30-2)4-5-19(17)31-3/h4-5,12-13,21H,6-11,26H2,1-3H3. The SMILES string of the molecule is COc1ccc(OC)c(C2C(C#N)=C(N)Oc3cc(C)n(CCN4CCOCC4)c(=O)c32)c1. The summed E-state index contributed by atoms with van der Waals surface area (Å²) in [6.45, 7) is 6.16. The predicted molar refractivity (Wildman–Crippen MR) is 122 cm³/mol. The average Bonchev–Trinajstić information content (AvgIpc) is 2.83. The van der Waals surface area contributed by atoms with Crippen molar-refractivity contribution in [2.24, 2.45) is 5.73 Å². The van der Waals surface area contributed by atoms with Gasteiger partial charge in [-0.1, -0.05) is 0 Å². The van der Waals surface area contributed by atoms with E-state index >= 15 is 0 Å². The highest BCUT2D eigenvalue weighted by molar-refractivity contribution is 5.59. The Kier molecular flexibility index (Phi) is 6.58. The van der Waals surface area contributed by atoms with E-state index < -0.39 is 5.92 Å². The number of aromatic nitrogens is 1. The predicted octanol–water partition coefficient (Wildman–Crippen LogP) is 1.72. The summed E-state index contributed by atoms with van der Waals surface area (Å²) < 4.78 is 23.9. The molecule has 0 aliphatic carbocycles. The molecule has 1 unspecified atom stereocenters. The molecule has 0 radical (unpaired) electrons. The molecule has 1 fully saturated rings. The Balaban J connectivity index is 1.84. The Labute approximate surface area is 192 Å². The van der Waals surface area contributed by atoms with Gasteiger partial charge in [-0.2, -0.15) is 5.26 Å². The molecular formula is C24H28N4O5. The first kappa shape index (κ1) is 22.7. The minimum absolute atomic E-state index is 0.0234. The summed E-state index contributed by atoms with van der Waals surface area (Å²) in [7, 11) is 3.10. The summed E-state index contributed by atoms with van der Waals surface area (Å²) >= 11 is 0. The number of nitriles is 1. The molecule has 1 aromatic heterocycles. The lowest BCUT2D eigenvalue weighted by atomic mass is 9.83. The quantitative estimate of drug-likeness (QED) is 0.705. The fourth-order valence-corrected chi connectivity index (χ4v) is 4.41. The average molecular weight is 453 g/mol. The Bertz CT molecular complexity index is 1170. The van der Waals surface area contributed by atoms with Crippen molar-refractivity contribution in [2.45, 2.75) is 19.4 Å². The van der Waals surface area contributed by atoms with Gasteiger partial charge < -0.3 is 29.2 Å². The third kappa shape index (κ3) is 4.27. The normalized spacial score (nSPS) is 18.3. The number of rotatable bonds is 6. The van der Waals surface area contributed by atoms with Crippen LogP contribution in [-0.2, 0) is 11.3 Å². The molecule has 2 aliphatic heterocycles. The molecule has 0 spiro atoms.